The number of carbonyl (C=O) groups is 2. The van der Waals surface area contributed by atoms with Gasteiger partial charge in [-0.1, -0.05) is 42.5 Å². The van der Waals surface area contributed by atoms with Gasteiger partial charge in [0.25, 0.3) is 17.2 Å². The molecule has 1 N–H and O–H groups in total. The number of aryl methyl sites for hydroxylation is 4. The van der Waals surface area contributed by atoms with E-state index in [1.165, 1.54) is 4.68 Å². The number of amides is 2. The minimum atomic E-state index is -0.531. The van der Waals surface area contributed by atoms with Crippen LogP contribution in [0.25, 0.3) is 22.5 Å². The molecule has 2 aromatic carbocycles. The molecule has 3 heterocycles. The van der Waals surface area contributed by atoms with Crippen LogP contribution >= 0.6 is 0 Å². The number of carbonyl (C=O) groups excluding carboxylic acids is 2. The maximum atomic E-state index is 14.0. The summed E-state index contributed by atoms with van der Waals surface area (Å²) in [5, 5.41) is 3.08. The third-order valence-electron chi connectivity index (χ3n) is 6.08. The van der Waals surface area contributed by atoms with E-state index < -0.39 is 11.8 Å². The predicted molar refractivity (Wildman–Crippen MR) is 134 cm³/mol. The third kappa shape index (κ3) is 3.71. The third-order valence-corrected chi connectivity index (χ3v) is 6.08. The molecule has 0 fully saturated rings. The number of anilines is 1. The Hall–Kier alpha value is -4.52. The molecule has 0 atom stereocenters. The van der Waals surface area contributed by atoms with Crippen molar-refractivity contribution in [2.24, 2.45) is 7.05 Å². The average molecular weight is 466 g/mol. The van der Waals surface area contributed by atoms with Crippen LogP contribution in [-0.2, 0) is 16.6 Å². The predicted octanol–water partition coefficient (Wildman–Crippen LogP) is 3.53. The molecule has 2 aromatic heterocycles. The summed E-state index contributed by atoms with van der Waals surface area (Å²) in [6, 6.07) is 18.5. The first-order chi connectivity index (χ1) is 16.8. The number of imide groups is 1. The van der Waals surface area contributed by atoms with Crippen LogP contribution in [0.3, 0.4) is 0 Å². The van der Waals surface area contributed by atoms with Gasteiger partial charge in [-0.25, -0.2) is 4.90 Å². The van der Waals surface area contributed by atoms with Crippen molar-refractivity contribution in [1.82, 2.24) is 9.78 Å². The monoisotopic (exact) mass is 465 g/mol. The van der Waals surface area contributed by atoms with Crippen molar-refractivity contribution in [2.75, 3.05) is 4.90 Å². The summed E-state index contributed by atoms with van der Waals surface area (Å²) < 4.78 is 3.00. The van der Waals surface area contributed by atoms with Crippen LogP contribution in [0.1, 0.15) is 22.3 Å². The summed E-state index contributed by atoms with van der Waals surface area (Å²) in [5.74, 6) is -1.01. The highest BCUT2D eigenvalue weighted by molar-refractivity contribution is 6.53. The van der Waals surface area contributed by atoms with Gasteiger partial charge in [-0.15, -0.1) is 0 Å². The summed E-state index contributed by atoms with van der Waals surface area (Å²) in [5.41, 5.74) is 4.49. The second-order valence-electron chi connectivity index (χ2n) is 8.90. The highest BCUT2D eigenvalue weighted by atomic mass is 16.2. The highest BCUT2D eigenvalue weighted by Gasteiger charge is 2.48. The minimum Gasteiger partial charge on any atom is -0.295 e. The first-order valence-electron chi connectivity index (χ1n) is 11.3. The Kier molecular flexibility index (Phi) is 5.32. The van der Waals surface area contributed by atoms with Gasteiger partial charge in [0.05, 0.1) is 16.9 Å². The molecule has 4 aromatic rings. The van der Waals surface area contributed by atoms with Crippen LogP contribution in [0.2, 0.25) is 0 Å². The second kappa shape index (κ2) is 8.36. The lowest BCUT2D eigenvalue weighted by Gasteiger charge is -2.14. The van der Waals surface area contributed by atoms with Crippen molar-refractivity contribution in [3.63, 3.8) is 0 Å². The fraction of sp³-hybridized carbons (Fsp3) is 0.143. The van der Waals surface area contributed by atoms with Gasteiger partial charge in [0, 0.05) is 23.7 Å². The Morgan fingerprint density at radius 2 is 1.46 bits per heavy atom. The molecule has 7 heteroatoms. The smallest absolute Gasteiger partial charge is 0.295 e. The zero-order valence-corrected chi connectivity index (χ0v) is 20.0. The van der Waals surface area contributed by atoms with Crippen molar-refractivity contribution in [1.29, 1.82) is 0 Å². The maximum Gasteiger partial charge on any atom is 0.331 e. The SMILES string of the molecule is Cc1cccc(N2C(=O)C(c3c(-c4ccccc4)[nH]n(C)c3=O)=C([n+]3cc(C)cc(C)c3)C2=O)c1. The number of benzene rings is 2. The van der Waals surface area contributed by atoms with Gasteiger partial charge >= 0.3 is 5.91 Å². The molecule has 5 rings (SSSR count). The summed E-state index contributed by atoms with van der Waals surface area (Å²) >= 11 is 0. The topological polar surface area (TPSA) is 79.1 Å². The molecule has 2 amide bonds. The van der Waals surface area contributed by atoms with E-state index in [-0.39, 0.29) is 22.4 Å². The standard InChI is InChI=1S/C28H24N4O3/c1-17-9-8-12-21(14-17)32-27(34)23(25(28(32)35)31-15-18(2)13-19(3)16-31)22-24(29-30(4)26(22)33)20-10-6-5-7-11-20/h5-16H,1-4H3/p+1. The lowest BCUT2D eigenvalue weighted by Crippen LogP contribution is -2.40. The van der Waals surface area contributed by atoms with Crippen molar-refractivity contribution in [2.45, 2.75) is 20.8 Å². The summed E-state index contributed by atoms with van der Waals surface area (Å²) in [7, 11) is 1.60. The fourth-order valence-corrected chi connectivity index (χ4v) is 4.62. The second-order valence-corrected chi connectivity index (χ2v) is 8.90. The molecule has 1 aliphatic rings. The molecular weight excluding hydrogens is 440 g/mol. The van der Waals surface area contributed by atoms with Gasteiger partial charge in [-0.3, -0.25) is 24.2 Å². The molecule has 0 radical (unpaired) electrons. The molecule has 0 bridgehead atoms. The van der Waals surface area contributed by atoms with Crippen LogP contribution in [0.4, 0.5) is 5.69 Å². The van der Waals surface area contributed by atoms with Crippen LogP contribution in [-0.4, -0.2) is 21.6 Å². The molecule has 174 valence electrons. The van der Waals surface area contributed by atoms with E-state index in [1.54, 1.807) is 42.2 Å². The number of nitrogens with zero attached hydrogens (tertiary/aromatic N) is 3. The van der Waals surface area contributed by atoms with E-state index in [9.17, 15) is 14.4 Å². The largest absolute Gasteiger partial charge is 0.331 e. The Labute approximate surface area is 202 Å². The zero-order valence-electron chi connectivity index (χ0n) is 20.0. The number of rotatable bonds is 4. The Morgan fingerprint density at radius 3 is 2.11 bits per heavy atom. The summed E-state index contributed by atoms with van der Waals surface area (Å²) in [6.45, 7) is 5.75. The Morgan fingerprint density at radius 1 is 0.771 bits per heavy atom. The number of H-pyrrole nitrogens is 1. The maximum absolute atomic E-state index is 14.0. The number of aromatic nitrogens is 3. The van der Waals surface area contributed by atoms with Crippen LogP contribution in [0.15, 0.2) is 77.9 Å². The summed E-state index contributed by atoms with van der Waals surface area (Å²) in [4.78, 5) is 42.5. The first kappa shape index (κ1) is 22.3. The molecule has 1 aliphatic heterocycles. The fourth-order valence-electron chi connectivity index (χ4n) is 4.62. The number of pyridine rings is 1. The number of hydrogen-bond acceptors (Lipinski definition) is 3. The van der Waals surface area contributed by atoms with Crippen molar-refractivity contribution >= 4 is 28.8 Å². The molecule has 0 unspecified atom stereocenters. The van der Waals surface area contributed by atoms with E-state index in [1.807, 2.05) is 63.2 Å². The van der Waals surface area contributed by atoms with Crippen molar-refractivity contribution in [3.8, 4) is 11.3 Å². The molecule has 0 saturated heterocycles. The van der Waals surface area contributed by atoms with E-state index in [2.05, 4.69) is 5.10 Å². The van der Waals surface area contributed by atoms with Gasteiger partial charge in [0.2, 0.25) is 0 Å². The van der Waals surface area contributed by atoms with Gasteiger partial charge in [-0.05, 0) is 44.5 Å². The number of hydrogen-bond donors (Lipinski definition) is 1. The zero-order chi connectivity index (χ0) is 24.9. The molecule has 35 heavy (non-hydrogen) atoms. The Bertz CT molecular complexity index is 1570. The minimum absolute atomic E-state index is 0.0761. The Balaban J connectivity index is 1.84. The molecular formula is C28H25N4O3+. The van der Waals surface area contributed by atoms with Crippen molar-refractivity contribution < 1.29 is 14.2 Å². The number of aromatic amines is 1. The van der Waals surface area contributed by atoms with Crippen LogP contribution in [0, 0.1) is 20.8 Å². The van der Waals surface area contributed by atoms with Gasteiger partial charge < -0.3 is 0 Å². The molecule has 0 spiro atoms. The summed E-state index contributed by atoms with van der Waals surface area (Å²) in [6.07, 6.45) is 3.60. The average Bonchev–Trinajstić information content (AvgIpc) is 3.25. The molecule has 0 aliphatic carbocycles. The van der Waals surface area contributed by atoms with Gasteiger partial charge in [0.1, 0.15) is 5.57 Å². The van der Waals surface area contributed by atoms with E-state index >= 15 is 0 Å². The number of nitrogens with one attached hydrogen (secondary N) is 1. The van der Waals surface area contributed by atoms with Gasteiger partial charge in [-0.2, -0.15) is 4.57 Å². The van der Waals surface area contributed by atoms with E-state index in [0.29, 0.717) is 11.4 Å². The van der Waals surface area contributed by atoms with Gasteiger partial charge in [0.15, 0.2) is 12.4 Å². The first-order valence-corrected chi connectivity index (χ1v) is 11.3. The van der Waals surface area contributed by atoms with Crippen LogP contribution < -0.4 is 15.0 Å². The normalized spacial score (nSPS) is 13.8. The lowest BCUT2D eigenvalue weighted by molar-refractivity contribution is -0.577. The quantitative estimate of drug-likeness (QED) is 0.370. The lowest BCUT2D eigenvalue weighted by atomic mass is 10.00. The molecule has 7 nitrogen and oxygen atoms in total. The van der Waals surface area contributed by atoms with E-state index in [0.717, 1.165) is 27.2 Å². The molecule has 0 saturated carbocycles. The van der Waals surface area contributed by atoms with E-state index in [4.69, 9.17) is 0 Å². The van der Waals surface area contributed by atoms with Crippen molar-refractivity contribution in [3.05, 3.63) is 106 Å². The van der Waals surface area contributed by atoms with Crippen LogP contribution in [0.5, 0.6) is 0 Å². The highest BCUT2D eigenvalue weighted by Crippen LogP contribution is 2.36.